The minimum atomic E-state index is -0.438. The van der Waals surface area contributed by atoms with Crippen LogP contribution in [0.3, 0.4) is 0 Å². The van der Waals surface area contributed by atoms with Crippen LogP contribution in [0.2, 0.25) is 0 Å². The van der Waals surface area contributed by atoms with Gasteiger partial charge in [-0.25, -0.2) is 0 Å². The fraction of sp³-hybridized carbons (Fsp3) is 0.143. The van der Waals surface area contributed by atoms with Gasteiger partial charge in [0, 0.05) is 24.4 Å². The number of nitro benzene ring substituents is 1. The lowest BCUT2D eigenvalue weighted by molar-refractivity contribution is -0.385. The van der Waals surface area contributed by atoms with Crippen molar-refractivity contribution in [3.05, 3.63) is 56.5 Å². The number of nitrogens with one attached hydrogen (secondary N) is 1. The largest absolute Gasteiger partial charge is 0.504 e. The molecule has 2 aromatic rings. The lowest BCUT2D eigenvalue weighted by Gasteiger charge is -2.09. The van der Waals surface area contributed by atoms with Gasteiger partial charge in [-0.3, -0.25) is 10.1 Å². The SMILES string of the molecule is COc1ccc(NCc2ccc(Br)c([N+](=O)[O-])c2)cc1O. The van der Waals surface area contributed by atoms with E-state index in [-0.39, 0.29) is 11.4 Å². The van der Waals surface area contributed by atoms with Gasteiger partial charge in [0.05, 0.1) is 16.5 Å². The van der Waals surface area contributed by atoms with Crippen LogP contribution in [0.5, 0.6) is 11.5 Å². The Morgan fingerprint density at radius 3 is 2.71 bits per heavy atom. The van der Waals surface area contributed by atoms with Crippen LogP contribution >= 0.6 is 15.9 Å². The number of benzene rings is 2. The van der Waals surface area contributed by atoms with E-state index in [0.717, 1.165) is 5.56 Å². The second-order valence-corrected chi connectivity index (χ2v) is 5.14. The maximum absolute atomic E-state index is 10.9. The van der Waals surface area contributed by atoms with Crippen LogP contribution in [0.1, 0.15) is 5.56 Å². The van der Waals surface area contributed by atoms with Gasteiger partial charge < -0.3 is 15.2 Å². The summed E-state index contributed by atoms with van der Waals surface area (Å²) in [5.74, 6) is 0.420. The van der Waals surface area contributed by atoms with Gasteiger partial charge in [-0.2, -0.15) is 0 Å². The molecule has 0 unspecified atom stereocenters. The van der Waals surface area contributed by atoms with E-state index < -0.39 is 4.92 Å². The van der Waals surface area contributed by atoms with E-state index in [4.69, 9.17) is 4.74 Å². The first kappa shape index (κ1) is 15.1. The predicted octanol–water partition coefficient (Wildman–Crippen LogP) is 3.68. The molecule has 0 bridgehead atoms. The number of phenolic OH excluding ortho intramolecular Hbond substituents is 1. The molecule has 0 aromatic heterocycles. The Morgan fingerprint density at radius 1 is 1.33 bits per heavy atom. The third kappa shape index (κ3) is 3.63. The molecule has 21 heavy (non-hydrogen) atoms. The second-order valence-electron chi connectivity index (χ2n) is 4.28. The van der Waals surface area contributed by atoms with Crippen molar-refractivity contribution in [1.29, 1.82) is 0 Å². The zero-order valence-electron chi connectivity index (χ0n) is 11.2. The summed E-state index contributed by atoms with van der Waals surface area (Å²) in [4.78, 5) is 10.4. The Morgan fingerprint density at radius 2 is 2.10 bits per heavy atom. The fourth-order valence-corrected chi connectivity index (χ4v) is 2.20. The van der Waals surface area contributed by atoms with Crippen molar-refractivity contribution in [2.45, 2.75) is 6.54 Å². The quantitative estimate of drug-likeness (QED) is 0.633. The first-order valence-electron chi connectivity index (χ1n) is 6.05. The van der Waals surface area contributed by atoms with Crippen molar-refractivity contribution in [2.75, 3.05) is 12.4 Å². The highest BCUT2D eigenvalue weighted by Gasteiger charge is 2.12. The number of anilines is 1. The molecule has 2 rings (SSSR count). The van der Waals surface area contributed by atoms with Gasteiger partial charge in [-0.15, -0.1) is 0 Å². The van der Waals surface area contributed by atoms with Crippen molar-refractivity contribution in [1.82, 2.24) is 0 Å². The van der Waals surface area contributed by atoms with E-state index >= 15 is 0 Å². The average Bonchev–Trinajstić information content (AvgIpc) is 2.46. The molecule has 110 valence electrons. The molecule has 6 nitrogen and oxygen atoms in total. The lowest BCUT2D eigenvalue weighted by Crippen LogP contribution is -2.00. The van der Waals surface area contributed by atoms with E-state index in [2.05, 4.69) is 21.2 Å². The third-order valence-corrected chi connectivity index (χ3v) is 3.55. The molecule has 0 heterocycles. The Balaban J connectivity index is 2.11. The normalized spacial score (nSPS) is 10.2. The molecule has 2 N–H and O–H groups in total. The number of methoxy groups -OCH3 is 1. The number of rotatable bonds is 5. The highest BCUT2D eigenvalue weighted by atomic mass is 79.9. The molecule has 0 radical (unpaired) electrons. The van der Waals surface area contributed by atoms with Crippen molar-refractivity contribution < 1.29 is 14.8 Å². The molecule has 0 fully saturated rings. The van der Waals surface area contributed by atoms with E-state index in [1.807, 2.05) is 0 Å². The molecule has 2 aromatic carbocycles. The van der Waals surface area contributed by atoms with Crippen LogP contribution in [0.25, 0.3) is 0 Å². The van der Waals surface area contributed by atoms with Crippen LogP contribution in [0.15, 0.2) is 40.9 Å². The molecule has 0 amide bonds. The van der Waals surface area contributed by atoms with Crippen molar-refractivity contribution in [3.63, 3.8) is 0 Å². The Kier molecular flexibility index (Phi) is 4.64. The molecule has 0 atom stereocenters. The summed E-state index contributed by atoms with van der Waals surface area (Å²) < 4.78 is 5.40. The molecule has 0 saturated carbocycles. The average molecular weight is 353 g/mol. The summed E-state index contributed by atoms with van der Waals surface area (Å²) in [6.45, 7) is 0.403. The Hall–Kier alpha value is -2.28. The maximum atomic E-state index is 10.9. The van der Waals surface area contributed by atoms with Gasteiger partial charge in [0.15, 0.2) is 11.5 Å². The predicted molar refractivity (Wildman–Crippen MR) is 82.8 cm³/mol. The van der Waals surface area contributed by atoms with E-state index in [9.17, 15) is 15.2 Å². The first-order chi connectivity index (χ1) is 10.0. The van der Waals surface area contributed by atoms with E-state index in [1.165, 1.54) is 19.2 Å². The van der Waals surface area contributed by atoms with Crippen LogP contribution < -0.4 is 10.1 Å². The van der Waals surface area contributed by atoms with Crippen LogP contribution in [-0.2, 0) is 6.54 Å². The third-order valence-electron chi connectivity index (χ3n) is 2.88. The zero-order chi connectivity index (χ0) is 15.4. The fourth-order valence-electron chi connectivity index (χ4n) is 1.81. The lowest BCUT2D eigenvalue weighted by atomic mass is 10.2. The summed E-state index contributed by atoms with van der Waals surface area (Å²) in [5, 5.41) is 23.6. The monoisotopic (exact) mass is 352 g/mol. The van der Waals surface area contributed by atoms with Gasteiger partial charge in [0.2, 0.25) is 0 Å². The Labute approximate surface area is 129 Å². The van der Waals surface area contributed by atoms with Crippen LogP contribution in [-0.4, -0.2) is 17.1 Å². The van der Waals surface area contributed by atoms with Crippen molar-refractivity contribution in [3.8, 4) is 11.5 Å². The zero-order valence-corrected chi connectivity index (χ0v) is 12.8. The van der Waals surface area contributed by atoms with E-state index in [1.54, 1.807) is 24.3 Å². The minimum absolute atomic E-state index is 0.0203. The number of nitro groups is 1. The van der Waals surface area contributed by atoms with Gasteiger partial charge in [0.1, 0.15) is 0 Å². The smallest absolute Gasteiger partial charge is 0.283 e. The molecular formula is C14H13BrN2O4. The number of halogens is 1. The summed E-state index contributed by atoms with van der Waals surface area (Å²) >= 11 is 3.14. The van der Waals surface area contributed by atoms with Crippen molar-refractivity contribution >= 4 is 27.3 Å². The number of hydrogen-bond donors (Lipinski definition) is 2. The standard InChI is InChI=1S/C14H13BrN2O4/c1-21-14-5-3-10(7-13(14)18)16-8-9-2-4-11(15)12(6-9)17(19)20/h2-7,16,18H,8H2,1H3. The molecule has 0 saturated heterocycles. The number of hydrogen-bond acceptors (Lipinski definition) is 5. The highest BCUT2D eigenvalue weighted by Crippen LogP contribution is 2.29. The van der Waals surface area contributed by atoms with Gasteiger partial charge in [0.25, 0.3) is 5.69 Å². The number of ether oxygens (including phenoxy) is 1. The molecule has 0 aliphatic carbocycles. The van der Waals surface area contributed by atoms with Gasteiger partial charge in [-0.1, -0.05) is 6.07 Å². The van der Waals surface area contributed by atoms with Gasteiger partial charge in [-0.05, 0) is 39.7 Å². The summed E-state index contributed by atoms with van der Waals surface area (Å²) in [6.07, 6.45) is 0. The maximum Gasteiger partial charge on any atom is 0.283 e. The van der Waals surface area contributed by atoms with Gasteiger partial charge >= 0.3 is 0 Å². The van der Waals surface area contributed by atoms with Crippen molar-refractivity contribution in [2.24, 2.45) is 0 Å². The molecular weight excluding hydrogens is 340 g/mol. The number of nitrogens with zero attached hydrogens (tertiary/aromatic N) is 1. The Bertz CT molecular complexity index is 676. The molecule has 0 aliphatic heterocycles. The molecule has 0 aliphatic rings. The first-order valence-corrected chi connectivity index (χ1v) is 6.84. The number of phenols is 1. The van der Waals surface area contributed by atoms with Crippen LogP contribution in [0, 0.1) is 10.1 Å². The summed E-state index contributed by atoms with van der Waals surface area (Å²) in [6, 6.07) is 9.86. The highest BCUT2D eigenvalue weighted by molar-refractivity contribution is 9.10. The van der Waals surface area contributed by atoms with E-state index in [0.29, 0.717) is 22.5 Å². The molecule has 7 heteroatoms. The topological polar surface area (TPSA) is 84.6 Å². The summed E-state index contributed by atoms with van der Waals surface area (Å²) in [7, 11) is 1.48. The summed E-state index contributed by atoms with van der Waals surface area (Å²) in [5.41, 5.74) is 1.48. The number of aromatic hydroxyl groups is 1. The second kappa shape index (κ2) is 6.45. The minimum Gasteiger partial charge on any atom is -0.504 e. The molecule has 0 spiro atoms. The van der Waals surface area contributed by atoms with Crippen LogP contribution in [0.4, 0.5) is 11.4 Å².